The number of halogens is 2. The number of anilines is 1. The van der Waals surface area contributed by atoms with E-state index >= 15 is 0 Å². The second kappa shape index (κ2) is 12.8. The van der Waals surface area contributed by atoms with Gasteiger partial charge in [0, 0.05) is 10.2 Å². The molecule has 7 nitrogen and oxygen atoms in total. The Bertz CT molecular complexity index is 1410. The fraction of sp³-hybridized carbons (Fsp3) is 0.179. The Morgan fingerprint density at radius 1 is 1.11 bits per heavy atom. The normalized spacial score (nSPS) is 14.2. The average Bonchev–Trinajstić information content (AvgIpc) is 3.12. The maximum Gasteiger partial charge on any atom is 0.293 e. The first-order valence-corrected chi connectivity index (χ1v) is 14.4. The monoisotopic (exact) mass is 706 g/mol. The van der Waals surface area contributed by atoms with E-state index < -0.39 is 0 Å². The second-order valence-corrected chi connectivity index (χ2v) is 11.4. The number of hydrogen-bond acceptors (Lipinski definition) is 6. The Morgan fingerprint density at radius 3 is 2.58 bits per heavy atom. The molecule has 196 valence electrons. The summed E-state index contributed by atoms with van der Waals surface area (Å²) < 4.78 is 13.3. The third kappa shape index (κ3) is 7.17. The standard InChI is InChI=1S/C28H24BrIN2O5S/c1-3-36-23-13-19(12-22(30)26(23)37-16-25(33)31-21-6-4-5-17(2)11-21)14-24-27(34)32(28(35)38-24)15-18-7-9-20(29)10-8-18/h4-14H,3,15-16H2,1-2H3,(H,31,33)/b24-14-. The van der Waals surface area contributed by atoms with Gasteiger partial charge in [0.1, 0.15) is 0 Å². The Labute approximate surface area is 247 Å². The van der Waals surface area contributed by atoms with Crippen LogP contribution in [0.2, 0.25) is 0 Å². The SMILES string of the molecule is CCOc1cc(/C=C2\SC(=O)N(Cc3ccc(Br)cc3)C2=O)cc(I)c1OCC(=O)Nc1cccc(C)c1. The maximum atomic E-state index is 13.0. The first kappa shape index (κ1) is 28.2. The van der Waals surface area contributed by atoms with Gasteiger partial charge in [0.05, 0.1) is 21.6 Å². The molecule has 0 radical (unpaired) electrons. The molecule has 0 spiro atoms. The summed E-state index contributed by atoms with van der Waals surface area (Å²) in [5, 5.41) is 2.50. The molecule has 0 atom stereocenters. The van der Waals surface area contributed by atoms with Gasteiger partial charge in [-0.25, -0.2) is 0 Å². The van der Waals surface area contributed by atoms with Crippen molar-refractivity contribution in [2.75, 3.05) is 18.5 Å². The lowest BCUT2D eigenvalue weighted by atomic mass is 10.1. The zero-order valence-electron chi connectivity index (χ0n) is 20.6. The first-order valence-electron chi connectivity index (χ1n) is 11.7. The van der Waals surface area contributed by atoms with Crippen LogP contribution in [0.1, 0.15) is 23.6 Å². The molecule has 3 amide bonds. The molecule has 3 aromatic rings. The lowest BCUT2D eigenvalue weighted by Gasteiger charge is -2.15. The van der Waals surface area contributed by atoms with Gasteiger partial charge >= 0.3 is 0 Å². The van der Waals surface area contributed by atoms with Crippen LogP contribution in [-0.4, -0.2) is 35.2 Å². The predicted octanol–water partition coefficient (Wildman–Crippen LogP) is 7.01. The molecule has 0 unspecified atom stereocenters. The summed E-state index contributed by atoms with van der Waals surface area (Å²) in [5.41, 5.74) is 3.28. The second-order valence-electron chi connectivity index (χ2n) is 8.36. The van der Waals surface area contributed by atoms with Crippen molar-refractivity contribution in [3.8, 4) is 11.5 Å². The van der Waals surface area contributed by atoms with Crippen molar-refractivity contribution in [3.63, 3.8) is 0 Å². The number of nitrogens with one attached hydrogen (secondary N) is 1. The van der Waals surface area contributed by atoms with Crippen molar-refractivity contribution < 1.29 is 23.9 Å². The number of amides is 3. The summed E-state index contributed by atoms with van der Waals surface area (Å²) in [6, 6.07) is 18.6. The number of nitrogens with zero attached hydrogens (tertiary/aromatic N) is 1. The van der Waals surface area contributed by atoms with E-state index in [1.165, 1.54) is 4.90 Å². The summed E-state index contributed by atoms with van der Waals surface area (Å²) in [4.78, 5) is 39.6. The van der Waals surface area contributed by atoms with E-state index in [9.17, 15) is 14.4 Å². The van der Waals surface area contributed by atoms with Crippen LogP contribution in [0.4, 0.5) is 10.5 Å². The number of rotatable bonds is 9. The molecule has 1 aliphatic rings. The number of aryl methyl sites for hydroxylation is 1. The lowest BCUT2D eigenvalue weighted by Crippen LogP contribution is -2.27. The van der Waals surface area contributed by atoms with Crippen molar-refractivity contribution in [1.82, 2.24) is 4.90 Å². The van der Waals surface area contributed by atoms with Gasteiger partial charge in [-0.1, -0.05) is 40.2 Å². The number of ether oxygens (including phenoxy) is 2. The third-order valence-electron chi connectivity index (χ3n) is 5.41. The molecule has 10 heteroatoms. The molecule has 0 aliphatic carbocycles. The van der Waals surface area contributed by atoms with Crippen molar-refractivity contribution in [3.05, 3.63) is 90.3 Å². The smallest absolute Gasteiger partial charge is 0.293 e. The fourth-order valence-corrected chi connectivity index (χ4v) is 5.58. The van der Waals surface area contributed by atoms with Crippen LogP contribution in [-0.2, 0) is 16.1 Å². The minimum atomic E-state index is -0.343. The summed E-state index contributed by atoms with van der Waals surface area (Å²) in [6.07, 6.45) is 1.67. The van der Waals surface area contributed by atoms with Gasteiger partial charge in [0.2, 0.25) is 0 Å². The van der Waals surface area contributed by atoms with Crippen LogP contribution < -0.4 is 14.8 Å². The molecule has 38 heavy (non-hydrogen) atoms. The summed E-state index contributed by atoms with van der Waals surface area (Å²) >= 11 is 6.40. The highest BCUT2D eigenvalue weighted by atomic mass is 127. The van der Waals surface area contributed by atoms with Crippen LogP contribution in [0.5, 0.6) is 11.5 Å². The highest BCUT2D eigenvalue weighted by Gasteiger charge is 2.35. The zero-order chi connectivity index (χ0) is 27.2. The molecular formula is C28H24BrIN2O5S. The van der Waals surface area contributed by atoms with E-state index in [0.717, 1.165) is 27.4 Å². The highest BCUT2D eigenvalue weighted by molar-refractivity contribution is 14.1. The van der Waals surface area contributed by atoms with Crippen LogP contribution in [0.3, 0.4) is 0 Å². The van der Waals surface area contributed by atoms with Crippen LogP contribution in [0, 0.1) is 10.5 Å². The van der Waals surface area contributed by atoms with Crippen molar-refractivity contribution in [1.29, 1.82) is 0 Å². The molecular weight excluding hydrogens is 683 g/mol. The highest BCUT2D eigenvalue weighted by Crippen LogP contribution is 2.38. The van der Waals surface area contributed by atoms with E-state index in [2.05, 4.69) is 43.8 Å². The summed E-state index contributed by atoms with van der Waals surface area (Å²) in [6.45, 7) is 4.19. The predicted molar refractivity (Wildman–Crippen MR) is 161 cm³/mol. The molecule has 0 aromatic heterocycles. The minimum Gasteiger partial charge on any atom is -0.490 e. The number of carbonyl (C=O) groups is 3. The molecule has 1 saturated heterocycles. The van der Waals surface area contributed by atoms with E-state index in [1.807, 2.05) is 68.4 Å². The molecule has 1 heterocycles. The van der Waals surface area contributed by atoms with E-state index in [1.54, 1.807) is 12.1 Å². The quantitative estimate of drug-likeness (QED) is 0.190. The Balaban J connectivity index is 1.48. The maximum absolute atomic E-state index is 13.0. The number of imide groups is 1. The summed E-state index contributed by atoms with van der Waals surface area (Å²) in [7, 11) is 0. The number of carbonyl (C=O) groups excluding carboxylic acids is 3. The largest absolute Gasteiger partial charge is 0.490 e. The fourth-order valence-electron chi connectivity index (χ4n) is 3.69. The lowest BCUT2D eigenvalue weighted by molar-refractivity contribution is -0.123. The van der Waals surface area contributed by atoms with Crippen LogP contribution in [0.25, 0.3) is 6.08 Å². The molecule has 1 fully saturated rings. The van der Waals surface area contributed by atoms with Gasteiger partial charge in [-0.3, -0.25) is 19.3 Å². The van der Waals surface area contributed by atoms with Crippen LogP contribution in [0.15, 0.2) is 70.0 Å². The molecule has 1 aliphatic heterocycles. The summed E-state index contributed by atoms with van der Waals surface area (Å²) in [5.74, 6) is 0.247. The molecule has 1 N–H and O–H groups in total. The Morgan fingerprint density at radius 2 is 1.87 bits per heavy atom. The molecule has 0 saturated carbocycles. The Hall–Kier alpha value is -2.83. The number of hydrogen-bond donors (Lipinski definition) is 1. The van der Waals surface area contributed by atoms with Gasteiger partial charge in [-0.15, -0.1) is 0 Å². The third-order valence-corrected chi connectivity index (χ3v) is 7.64. The molecule has 0 bridgehead atoms. The first-order chi connectivity index (χ1) is 18.2. The molecule has 4 rings (SSSR count). The van der Waals surface area contributed by atoms with Gasteiger partial charge in [0.15, 0.2) is 18.1 Å². The van der Waals surface area contributed by atoms with Crippen LogP contribution >= 0.6 is 50.3 Å². The number of benzene rings is 3. The van der Waals surface area contributed by atoms with Gasteiger partial charge in [-0.2, -0.15) is 0 Å². The topological polar surface area (TPSA) is 84.9 Å². The Kier molecular flexibility index (Phi) is 9.50. The van der Waals surface area contributed by atoms with Crippen molar-refractivity contribution in [2.45, 2.75) is 20.4 Å². The average molecular weight is 707 g/mol. The molecule has 3 aromatic carbocycles. The van der Waals surface area contributed by atoms with E-state index in [-0.39, 0.29) is 30.2 Å². The zero-order valence-corrected chi connectivity index (χ0v) is 25.2. The van der Waals surface area contributed by atoms with Gasteiger partial charge in [-0.05, 0) is 107 Å². The number of thioether (sulfide) groups is 1. The van der Waals surface area contributed by atoms with Crippen molar-refractivity contribution in [2.24, 2.45) is 0 Å². The van der Waals surface area contributed by atoms with Gasteiger partial charge < -0.3 is 14.8 Å². The van der Waals surface area contributed by atoms with E-state index in [0.29, 0.717) is 37.8 Å². The van der Waals surface area contributed by atoms with Gasteiger partial charge in [0.25, 0.3) is 17.1 Å². The van der Waals surface area contributed by atoms with Crippen molar-refractivity contribution >= 4 is 79.1 Å². The van der Waals surface area contributed by atoms with E-state index in [4.69, 9.17) is 9.47 Å². The minimum absolute atomic E-state index is 0.196.